The highest BCUT2D eigenvalue weighted by Crippen LogP contribution is 2.23. The van der Waals surface area contributed by atoms with Gasteiger partial charge in [0.1, 0.15) is 0 Å². The molecule has 1 aliphatic heterocycles. The molecule has 0 aliphatic carbocycles. The van der Waals surface area contributed by atoms with Crippen molar-refractivity contribution in [1.82, 2.24) is 4.31 Å². The molecule has 3 rings (SSSR count). The Morgan fingerprint density at radius 3 is 2.33 bits per heavy atom. The van der Waals surface area contributed by atoms with Crippen LogP contribution in [0.1, 0.15) is 21.5 Å². The van der Waals surface area contributed by atoms with Crippen LogP contribution >= 0.6 is 11.8 Å². The molecular weight excluding hydrogens is 382 g/mol. The van der Waals surface area contributed by atoms with Crippen LogP contribution in [0, 0.1) is 13.8 Å². The van der Waals surface area contributed by atoms with E-state index >= 15 is 0 Å². The molecule has 1 aliphatic rings. The highest BCUT2D eigenvalue weighted by Gasteiger charge is 2.26. The van der Waals surface area contributed by atoms with E-state index in [1.165, 1.54) is 39.3 Å². The van der Waals surface area contributed by atoms with E-state index in [-0.39, 0.29) is 10.7 Å². The number of carbonyl (C=O) groups excluding carboxylic acids is 1. The van der Waals surface area contributed by atoms with Crippen molar-refractivity contribution in [2.24, 2.45) is 0 Å². The fourth-order valence-corrected chi connectivity index (χ4v) is 5.08. The molecule has 1 saturated heterocycles. The van der Waals surface area contributed by atoms with Gasteiger partial charge in [-0.2, -0.15) is 4.31 Å². The van der Waals surface area contributed by atoms with Crippen LogP contribution < -0.4 is 0 Å². The van der Waals surface area contributed by atoms with Crippen LogP contribution in [0.25, 0.3) is 0 Å². The standard InChI is InChI=1S/C20H23NO4S2/c1-15-3-6-18(13-16(15)2)26-14-20(22)17-4-7-19(8-5-17)27(23,24)21-9-11-25-12-10-21/h3-8,13H,9-12,14H2,1-2H3. The third-order valence-corrected chi connectivity index (χ3v) is 7.54. The lowest BCUT2D eigenvalue weighted by Gasteiger charge is -2.26. The first-order valence-corrected chi connectivity index (χ1v) is 11.2. The number of carbonyl (C=O) groups is 1. The van der Waals surface area contributed by atoms with Gasteiger partial charge in [0, 0.05) is 23.5 Å². The molecule has 0 aromatic heterocycles. The summed E-state index contributed by atoms with van der Waals surface area (Å²) < 4.78 is 31.9. The van der Waals surface area contributed by atoms with Crippen molar-refractivity contribution in [2.75, 3.05) is 32.1 Å². The number of nitrogens with zero attached hydrogens (tertiary/aromatic N) is 1. The second kappa shape index (κ2) is 8.56. The first kappa shape index (κ1) is 20.1. The maximum absolute atomic E-state index is 12.6. The number of benzene rings is 2. The number of thioether (sulfide) groups is 1. The van der Waals surface area contributed by atoms with Gasteiger partial charge in [0.15, 0.2) is 5.78 Å². The summed E-state index contributed by atoms with van der Waals surface area (Å²) >= 11 is 1.49. The molecule has 1 heterocycles. The zero-order chi connectivity index (χ0) is 19.4. The fraction of sp³-hybridized carbons (Fsp3) is 0.350. The van der Waals surface area contributed by atoms with E-state index in [1.807, 2.05) is 12.1 Å². The number of aryl methyl sites for hydroxylation is 2. The summed E-state index contributed by atoms with van der Waals surface area (Å²) in [6.07, 6.45) is 0. The smallest absolute Gasteiger partial charge is 0.243 e. The van der Waals surface area contributed by atoms with Gasteiger partial charge >= 0.3 is 0 Å². The number of ether oxygens (including phenoxy) is 1. The van der Waals surface area contributed by atoms with E-state index < -0.39 is 10.0 Å². The van der Waals surface area contributed by atoms with Crippen molar-refractivity contribution in [3.63, 3.8) is 0 Å². The summed E-state index contributed by atoms with van der Waals surface area (Å²) in [4.78, 5) is 13.7. The largest absolute Gasteiger partial charge is 0.379 e. The maximum atomic E-state index is 12.6. The molecular formula is C20H23NO4S2. The molecule has 0 amide bonds. The molecule has 0 atom stereocenters. The first-order chi connectivity index (χ1) is 12.9. The van der Waals surface area contributed by atoms with Gasteiger partial charge in [0.2, 0.25) is 10.0 Å². The van der Waals surface area contributed by atoms with Gasteiger partial charge < -0.3 is 4.74 Å². The zero-order valence-corrected chi connectivity index (χ0v) is 17.1. The Morgan fingerprint density at radius 1 is 1.04 bits per heavy atom. The number of ketones is 1. The minimum Gasteiger partial charge on any atom is -0.379 e. The van der Waals surface area contributed by atoms with Gasteiger partial charge in [-0.1, -0.05) is 18.2 Å². The Bertz CT molecular complexity index is 917. The van der Waals surface area contributed by atoms with E-state index in [9.17, 15) is 13.2 Å². The van der Waals surface area contributed by atoms with E-state index in [2.05, 4.69) is 19.9 Å². The Labute approximate surface area is 164 Å². The van der Waals surface area contributed by atoms with Gasteiger partial charge in [0.05, 0.1) is 23.9 Å². The SMILES string of the molecule is Cc1ccc(SCC(=O)c2ccc(S(=O)(=O)N3CCOCC3)cc2)cc1C. The van der Waals surface area contributed by atoms with Gasteiger partial charge in [-0.15, -0.1) is 11.8 Å². The molecule has 2 aromatic rings. The molecule has 144 valence electrons. The lowest BCUT2D eigenvalue weighted by Crippen LogP contribution is -2.40. The molecule has 27 heavy (non-hydrogen) atoms. The molecule has 0 unspecified atom stereocenters. The molecule has 0 N–H and O–H groups in total. The van der Waals surface area contributed by atoms with Crippen LogP contribution in [0.5, 0.6) is 0 Å². The summed E-state index contributed by atoms with van der Waals surface area (Å²) in [6.45, 7) is 5.64. The van der Waals surface area contributed by atoms with Crippen molar-refractivity contribution >= 4 is 27.6 Å². The zero-order valence-electron chi connectivity index (χ0n) is 15.5. The predicted molar refractivity (Wildman–Crippen MR) is 107 cm³/mol. The molecule has 5 nitrogen and oxygen atoms in total. The van der Waals surface area contributed by atoms with Crippen molar-refractivity contribution in [2.45, 2.75) is 23.6 Å². The van der Waals surface area contributed by atoms with Crippen molar-refractivity contribution in [3.05, 3.63) is 59.2 Å². The molecule has 2 aromatic carbocycles. The minimum absolute atomic E-state index is 0.0199. The van der Waals surface area contributed by atoms with Crippen LogP contribution in [0.2, 0.25) is 0 Å². The van der Waals surface area contributed by atoms with Crippen LogP contribution in [-0.4, -0.2) is 50.6 Å². The van der Waals surface area contributed by atoms with Gasteiger partial charge in [-0.25, -0.2) is 8.42 Å². The summed E-state index contributed by atoms with van der Waals surface area (Å²) in [5.74, 6) is 0.298. The lowest BCUT2D eigenvalue weighted by molar-refractivity contribution is 0.0730. The highest BCUT2D eigenvalue weighted by molar-refractivity contribution is 8.00. The quantitative estimate of drug-likeness (QED) is 0.545. The van der Waals surface area contributed by atoms with Gasteiger partial charge in [0.25, 0.3) is 0 Å². The van der Waals surface area contributed by atoms with Crippen LogP contribution in [0.15, 0.2) is 52.3 Å². The van der Waals surface area contributed by atoms with Gasteiger partial charge in [-0.3, -0.25) is 4.79 Å². The molecule has 0 bridgehead atoms. The number of sulfonamides is 1. The second-order valence-corrected chi connectivity index (χ2v) is 9.49. The van der Waals surface area contributed by atoms with Crippen LogP contribution in [-0.2, 0) is 14.8 Å². The van der Waals surface area contributed by atoms with Gasteiger partial charge in [-0.05, 0) is 49.2 Å². The number of hydrogen-bond donors (Lipinski definition) is 0. The number of morpholine rings is 1. The summed E-state index contributed by atoms with van der Waals surface area (Å²) in [5, 5.41) is 0. The third-order valence-electron chi connectivity index (χ3n) is 4.63. The average Bonchev–Trinajstić information content (AvgIpc) is 2.69. The van der Waals surface area contributed by atoms with Crippen LogP contribution in [0.4, 0.5) is 0 Å². The fourth-order valence-electron chi connectivity index (χ4n) is 2.78. The van der Waals surface area contributed by atoms with E-state index in [0.29, 0.717) is 37.6 Å². The van der Waals surface area contributed by atoms with E-state index in [1.54, 1.807) is 12.1 Å². The van der Waals surface area contributed by atoms with Crippen molar-refractivity contribution in [3.8, 4) is 0 Å². The molecule has 7 heteroatoms. The molecule has 1 fully saturated rings. The van der Waals surface area contributed by atoms with E-state index in [4.69, 9.17) is 4.74 Å². The molecule has 0 spiro atoms. The maximum Gasteiger partial charge on any atom is 0.243 e. The van der Waals surface area contributed by atoms with Crippen LogP contribution in [0.3, 0.4) is 0 Å². The Morgan fingerprint density at radius 2 is 1.70 bits per heavy atom. The molecule has 0 radical (unpaired) electrons. The topological polar surface area (TPSA) is 63.7 Å². The summed E-state index contributed by atoms with van der Waals surface area (Å²) in [6, 6.07) is 12.3. The first-order valence-electron chi connectivity index (χ1n) is 8.79. The van der Waals surface area contributed by atoms with E-state index in [0.717, 1.165) is 4.90 Å². The Hall–Kier alpha value is -1.67. The number of Topliss-reactive ketones (excluding diaryl/α,β-unsaturated/α-hetero) is 1. The predicted octanol–water partition coefficient (Wildman–Crippen LogP) is 3.30. The Kier molecular flexibility index (Phi) is 6.37. The van der Waals surface area contributed by atoms with Crippen molar-refractivity contribution < 1.29 is 17.9 Å². The highest BCUT2D eigenvalue weighted by atomic mass is 32.2. The molecule has 0 saturated carbocycles. The minimum atomic E-state index is -3.53. The monoisotopic (exact) mass is 405 g/mol. The van der Waals surface area contributed by atoms with Crippen molar-refractivity contribution in [1.29, 1.82) is 0 Å². The third kappa shape index (κ3) is 4.79. The Balaban J connectivity index is 1.65. The summed E-state index contributed by atoms with van der Waals surface area (Å²) in [7, 11) is -3.53. The summed E-state index contributed by atoms with van der Waals surface area (Å²) in [5.41, 5.74) is 2.94. The number of rotatable bonds is 6. The normalized spacial score (nSPS) is 15.6. The second-order valence-electron chi connectivity index (χ2n) is 6.50. The number of hydrogen-bond acceptors (Lipinski definition) is 5. The average molecular weight is 406 g/mol. The lowest BCUT2D eigenvalue weighted by atomic mass is 10.1.